The number of aromatic nitrogens is 2. The van der Waals surface area contributed by atoms with Gasteiger partial charge in [-0.15, -0.1) is 0 Å². The smallest absolute Gasteiger partial charge is 0.169 e. The summed E-state index contributed by atoms with van der Waals surface area (Å²) in [6, 6.07) is 3.52. The van der Waals surface area contributed by atoms with Crippen LogP contribution in [0.2, 0.25) is 5.02 Å². The van der Waals surface area contributed by atoms with Crippen molar-refractivity contribution in [2.75, 3.05) is 30.3 Å². The van der Waals surface area contributed by atoms with Gasteiger partial charge in [0.1, 0.15) is 6.61 Å². The highest BCUT2D eigenvalue weighted by Gasteiger charge is 2.10. The predicted octanol–water partition coefficient (Wildman–Crippen LogP) is 2.49. The maximum atomic E-state index is 8.78. The molecule has 21 heavy (non-hydrogen) atoms. The number of benzene rings is 1. The van der Waals surface area contributed by atoms with E-state index < -0.39 is 0 Å². The van der Waals surface area contributed by atoms with Gasteiger partial charge in [0.2, 0.25) is 0 Å². The summed E-state index contributed by atoms with van der Waals surface area (Å²) in [5, 5.41) is 15.6. The van der Waals surface area contributed by atoms with E-state index in [0.29, 0.717) is 33.3 Å². The first-order chi connectivity index (χ1) is 10.2. The summed E-state index contributed by atoms with van der Waals surface area (Å²) in [7, 11) is 0. The maximum absolute atomic E-state index is 8.78. The standard InChI is InChI=1S/C15H17ClN4O/c1-3-17-14-15(18-4-2)20-13-9-11(16)10(6-5-7-21)8-12(13)19-14/h8-9,21H,3-4,7H2,1-2H3,(H,17,19)(H,18,20). The number of fused-ring (bicyclic) bond motifs is 1. The highest BCUT2D eigenvalue weighted by Crippen LogP contribution is 2.26. The number of nitrogens with zero attached hydrogens (tertiary/aromatic N) is 2. The zero-order valence-corrected chi connectivity index (χ0v) is 12.8. The summed E-state index contributed by atoms with van der Waals surface area (Å²) in [6.07, 6.45) is 0. The van der Waals surface area contributed by atoms with Gasteiger partial charge in [-0.25, -0.2) is 9.97 Å². The van der Waals surface area contributed by atoms with Crippen LogP contribution in [0.4, 0.5) is 11.6 Å². The number of rotatable bonds is 4. The molecule has 0 unspecified atom stereocenters. The van der Waals surface area contributed by atoms with E-state index in [9.17, 15) is 0 Å². The molecule has 1 heterocycles. The molecular formula is C15H17ClN4O. The highest BCUT2D eigenvalue weighted by atomic mass is 35.5. The Morgan fingerprint density at radius 2 is 1.67 bits per heavy atom. The van der Waals surface area contributed by atoms with Crippen LogP contribution in [0.15, 0.2) is 12.1 Å². The van der Waals surface area contributed by atoms with E-state index in [0.717, 1.165) is 13.1 Å². The van der Waals surface area contributed by atoms with E-state index in [1.807, 2.05) is 13.8 Å². The van der Waals surface area contributed by atoms with E-state index in [-0.39, 0.29) is 6.61 Å². The molecule has 0 saturated carbocycles. The van der Waals surface area contributed by atoms with Crippen molar-refractivity contribution in [3.63, 3.8) is 0 Å². The second-order valence-electron chi connectivity index (χ2n) is 4.26. The van der Waals surface area contributed by atoms with Crippen molar-refractivity contribution >= 4 is 34.3 Å². The van der Waals surface area contributed by atoms with E-state index in [1.165, 1.54) is 0 Å². The molecule has 0 radical (unpaired) electrons. The molecular weight excluding hydrogens is 288 g/mol. The zero-order chi connectivity index (χ0) is 15.2. The van der Waals surface area contributed by atoms with Crippen LogP contribution in [-0.2, 0) is 0 Å². The van der Waals surface area contributed by atoms with Gasteiger partial charge in [0, 0.05) is 18.7 Å². The predicted molar refractivity (Wildman–Crippen MR) is 86.8 cm³/mol. The average molecular weight is 305 g/mol. The third kappa shape index (κ3) is 3.54. The van der Waals surface area contributed by atoms with Crippen LogP contribution < -0.4 is 10.6 Å². The molecule has 0 fully saturated rings. The Balaban J connectivity index is 2.58. The molecule has 2 aromatic rings. The first kappa shape index (κ1) is 15.4. The number of nitrogens with one attached hydrogen (secondary N) is 2. The Morgan fingerprint density at radius 3 is 2.19 bits per heavy atom. The van der Waals surface area contributed by atoms with Crippen LogP contribution in [0.5, 0.6) is 0 Å². The SMILES string of the molecule is CCNc1nc2cc(Cl)c(C#CCO)cc2nc1NCC. The van der Waals surface area contributed by atoms with Gasteiger partial charge in [-0.2, -0.15) is 0 Å². The van der Waals surface area contributed by atoms with Crippen molar-refractivity contribution in [3.8, 4) is 11.8 Å². The van der Waals surface area contributed by atoms with E-state index in [4.69, 9.17) is 16.7 Å². The number of hydrogen-bond acceptors (Lipinski definition) is 5. The lowest BCUT2D eigenvalue weighted by atomic mass is 10.2. The zero-order valence-electron chi connectivity index (χ0n) is 12.0. The monoisotopic (exact) mass is 304 g/mol. The number of anilines is 2. The number of aliphatic hydroxyl groups is 1. The van der Waals surface area contributed by atoms with E-state index >= 15 is 0 Å². The summed E-state index contributed by atoms with van der Waals surface area (Å²) in [4.78, 5) is 9.12. The Bertz CT molecular complexity index is 706. The van der Waals surface area contributed by atoms with Crippen molar-refractivity contribution in [2.45, 2.75) is 13.8 Å². The summed E-state index contributed by atoms with van der Waals surface area (Å²) in [6.45, 7) is 5.31. The molecule has 5 nitrogen and oxygen atoms in total. The lowest BCUT2D eigenvalue weighted by Crippen LogP contribution is -2.08. The molecule has 110 valence electrons. The minimum atomic E-state index is -0.206. The van der Waals surface area contributed by atoms with Crippen LogP contribution in [0.3, 0.4) is 0 Å². The van der Waals surface area contributed by atoms with Crippen molar-refractivity contribution < 1.29 is 5.11 Å². The normalized spacial score (nSPS) is 10.1. The summed E-state index contributed by atoms with van der Waals surface area (Å²) in [5.41, 5.74) is 2.04. The topological polar surface area (TPSA) is 70.1 Å². The molecule has 0 aliphatic heterocycles. The quantitative estimate of drug-likeness (QED) is 0.757. The Kier molecular flexibility index (Phi) is 5.20. The Labute approximate surface area is 128 Å². The maximum Gasteiger partial charge on any atom is 0.169 e. The van der Waals surface area contributed by atoms with Crippen molar-refractivity contribution in [1.82, 2.24) is 9.97 Å². The molecule has 0 saturated heterocycles. The minimum absolute atomic E-state index is 0.206. The summed E-state index contributed by atoms with van der Waals surface area (Å²) >= 11 is 6.18. The molecule has 0 aliphatic rings. The van der Waals surface area contributed by atoms with E-state index in [2.05, 4.69) is 32.4 Å². The fourth-order valence-corrected chi connectivity index (χ4v) is 2.09. The molecule has 0 atom stereocenters. The lowest BCUT2D eigenvalue weighted by Gasteiger charge is -2.11. The van der Waals surface area contributed by atoms with Crippen molar-refractivity contribution in [3.05, 3.63) is 22.7 Å². The first-order valence-electron chi connectivity index (χ1n) is 6.78. The average Bonchev–Trinajstić information content (AvgIpc) is 2.47. The van der Waals surface area contributed by atoms with Crippen LogP contribution in [0, 0.1) is 11.8 Å². The molecule has 3 N–H and O–H groups in total. The molecule has 0 amide bonds. The van der Waals surface area contributed by atoms with Gasteiger partial charge in [0.15, 0.2) is 11.6 Å². The van der Waals surface area contributed by atoms with Gasteiger partial charge in [0.25, 0.3) is 0 Å². The number of aliphatic hydroxyl groups excluding tert-OH is 1. The number of hydrogen-bond donors (Lipinski definition) is 3. The molecule has 6 heteroatoms. The third-order valence-electron chi connectivity index (χ3n) is 2.74. The van der Waals surface area contributed by atoms with Gasteiger partial charge < -0.3 is 15.7 Å². The second-order valence-corrected chi connectivity index (χ2v) is 4.67. The second kappa shape index (κ2) is 7.11. The first-order valence-corrected chi connectivity index (χ1v) is 7.16. The molecule has 1 aromatic carbocycles. The molecule has 0 bridgehead atoms. The fourth-order valence-electron chi connectivity index (χ4n) is 1.89. The molecule has 1 aromatic heterocycles. The lowest BCUT2D eigenvalue weighted by molar-refractivity contribution is 0.350. The fraction of sp³-hybridized carbons (Fsp3) is 0.333. The largest absolute Gasteiger partial charge is 0.384 e. The van der Waals surface area contributed by atoms with Crippen molar-refractivity contribution in [2.24, 2.45) is 0 Å². The van der Waals surface area contributed by atoms with Gasteiger partial charge in [-0.05, 0) is 26.0 Å². The van der Waals surface area contributed by atoms with Crippen LogP contribution >= 0.6 is 11.6 Å². The highest BCUT2D eigenvalue weighted by molar-refractivity contribution is 6.32. The van der Waals surface area contributed by atoms with Crippen molar-refractivity contribution in [1.29, 1.82) is 0 Å². The van der Waals surface area contributed by atoms with Crippen LogP contribution in [0.1, 0.15) is 19.4 Å². The minimum Gasteiger partial charge on any atom is -0.384 e. The molecule has 0 spiro atoms. The third-order valence-corrected chi connectivity index (χ3v) is 3.06. The Morgan fingerprint density at radius 1 is 1.10 bits per heavy atom. The Hall–Kier alpha value is -2.03. The molecule has 0 aliphatic carbocycles. The molecule has 2 rings (SSSR count). The van der Waals surface area contributed by atoms with Gasteiger partial charge in [0.05, 0.1) is 16.1 Å². The van der Waals surface area contributed by atoms with Gasteiger partial charge in [-0.3, -0.25) is 0 Å². The number of halogens is 1. The van der Waals surface area contributed by atoms with Crippen LogP contribution in [0.25, 0.3) is 11.0 Å². The summed E-state index contributed by atoms with van der Waals surface area (Å²) < 4.78 is 0. The summed E-state index contributed by atoms with van der Waals surface area (Å²) in [5.74, 6) is 6.81. The van der Waals surface area contributed by atoms with Crippen LogP contribution in [-0.4, -0.2) is 34.8 Å². The van der Waals surface area contributed by atoms with E-state index in [1.54, 1.807) is 12.1 Å². The van der Waals surface area contributed by atoms with Gasteiger partial charge in [-0.1, -0.05) is 23.4 Å². The van der Waals surface area contributed by atoms with Gasteiger partial charge >= 0.3 is 0 Å².